The van der Waals surface area contributed by atoms with E-state index in [1.807, 2.05) is 61.7 Å². The molecule has 2 unspecified atom stereocenters. The number of Topliss-reactive ketones (excluding diaryl/α,β-unsaturated/α-hetero) is 1. The first kappa shape index (κ1) is 22.7. The number of hydrogen-bond donors (Lipinski definition) is 1. The van der Waals surface area contributed by atoms with Gasteiger partial charge in [0, 0.05) is 39.2 Å². The van der Waals surface area contributed by atoms with E-state index in [-0.39, 0.29) is 24.3 Å². The Morgan fingerprint density at radius 2 is 1.88 bits per heavy atom. The maximum atomic E-state index is 13.5. The molecule has 0 aromatic heterocycles. The summed E-state index contributed by atoms with van der Waals surface area (Å²) < 4.78 is 5.38. The van der Waals surface area contributed by atoms with Crippen LogP contribution >= 0.6 is 23.4 Å². The molecule has 1 N–H and O–H groups in total. The van der Waals surface area contributed by atoms with Gasteiger partial charge in [-0.05, 0) is 61.8 Å². The molecule has 0 saturated carbocycles. The number of halogens is 1. The summed E-state index contributed by atoms with van der Waals surface area (Å²) in [5.74, 6) is -0.791. The SMILES string of the molecule is CCOC(=O)C1=C(C)NC2=C(C(=O)CC(c3ccccc3Cl)C2)C1c1ccc(SC)cc1. The number of hydrogen-bond acceptors (Lipinski definition) is 5. The van der Waals surface area contributed by atoms with Gasteiger partial charge in [0.15, 0.2) is 5.78 Å². The van der Waals surface area contributed by atoms with Crippen molar-refractivity contribution in [1.82, 2.24) is 5.32 Å². The van der Waals surface area contributed by atoms with Crippen LogP contribution in [-0.2, 0) is 14.3 Å². The third-order valence-electron chi connectivity index (χ3n) is 6.12. The zero-order valence-corrected chi connectivity index (χ0v) is 20.0. The van der Waals surface area contributed by atoms with Crippen molar-refractivity contribution in [1.29, 1.82) is 0 Å². The molecule has 6 heteroatoms. The lowest BCUT2D eigenvalue weighted by Gasteiger charge is -2.37. The first-order valence-electron chi connectivity index (χ1n) is 10.7. The average molecular weight is 468 g/mol. The number of benzene rings is 2. The first-order chi connectivity index (χ1) is 15.4. The Kier molecular flexibility index (Phi) is 6.77. The van der Waals surface area contributed by atoms with Crippen LogP contribution in [0.1, 0.15) is 49.7 Å². The van der Waals surface area contributed by atoms with Gasteiger partial charge < -0.3 is 10.1 Å². The zero-order valence-electron chi connectivity index (χ0n) is 18.4. The van der Waals surface area contributed by atoms with Crippen LogP contribution in [0.4, 0.5) is 0 Å². The van der Waals surface area contributed by atoms with Crippen molar-refractivity contribution in [3.63, 3.8) is 0 Å². The first-order valence-corrected chi connectivity index (χ1v) is 12.3. The van der Waals surface area contributed by atoms with Crippen LogP contribution in [0.15, 0.2) is 76.0 Å². The predicted molar refractivity (Wildman–Crippen MR) is 129 cm³/mol. The second-order valence-electron chi connectivity index (χ2n) is 8.03. The number of esters is 1. The summed E-state index contributed by atoms with van der Waals surface area (Å²) >= 11 is 8.10. The molecule has 1 aliphatic heterocycles. The number of thioether (sulfide) groups is 1. The monoisotopic (exact) mass is 467 g/mol. The van der Waals surface area contributed by atoms with Gasteiger partial charge in [-0.3, -0.25) is 4.79 Å². The van der Waals surface area contributed by atoms with E-state index in [9.17, 15) is 9.59 Å². The highest BCUT2D eigenvalue weighted by Crippen LogP contribution is 2.46. The molecule has 0 spiro atoms. The normalized spacial score (nSPS) is 20.7. The number of dihydropyridines is 1. The number of ketones is 1. The fourth-order valence-corrected chi connectivity index (χ4v) is 5.37. The summed E-state index contributed by atoms with van der Waals surface area (Å²) in [6, 6.07) is 15.8. The zero-order chi connectivity index (χ0) is 22.8. The minimum absolute atomic E-state index is 0.00101. The smallest absolute Gasteiger partial charge is 0.336 e. The van der Waals surface area contributed by atoms with Gasteiger partial charge >= 0.3 is 5.97 Å². The Labute approximate surface area is 198 Å². The van der Waals surface area contributed by atoms with Gasteiger partial charge in [0.25, 0.3) is 0 Å². The molecule has 4 rings (SSSR count). The van der Waals surface area contributed by atoms with E-state index in [1.165, 1.54) is 0 Å². The van der Waals surface area contributed by atoms with Crippen molar-refractivity contribution >= 4 is 35.1 Å². The van der Waals surface area contributed by atoms with Gasteiger partial charge in [-0.25, -0.2) is 4.79 Å². The minimum Gasteiger partial charge on any atom is -0.463 e. The molecule has 2 aliphatic rings. The molecular weight excluding hydrogens is 442 g/mol. The molecule has 4 nitrogen and oxygen atoms in total. The van der Waals surface area contributed by atoms with E-state index in [1.54, 1.807) is 18.7 Å². The van der Waals surface area contributed by atoms with Gasteiger partial charge in [-0.15, -0.1) is 11.8 Å². The molecular formula is C26H26ClNO3S. The van der Waals surface area contributed by atoms with Gasteiger partial charge in [-0.2, -0.15) is 0 Å². The van der Waals surface area contributed by atoms with Gasteiger partial charge in [0.2, 0.25) is 0 Å². The Hall–Kier alpha value is -2.50. The number of rotatable bonds is 5. The molecule has 0 bridgehead atoms. The van der Waals surface area contributed by atoms with Crippen molar-refractivity contribution in [3.8, 4) is 0 Å². The van der Waals surface area contributed by atoms with Crippen LogP contribution in [-0.4, -0.2) is 24.6 Å². The van der Waals surface area contributed by atoms with E-state index >= 15 is 0 Å². The molecule has 2 aromatic rings. The van der Waals surface area contributed by atoms with Gasteiger partial charge in [-0.1, -0.05) is 41.9 Å². The molecule has 0 saturated heterocycles. The molecule has 2 atom stereocenters. The lowest BCUT2D eigenvalue weighted by Crippen LogP contribution is -2.36. The Bertz CT molecular complexity index is 1120. The molecule has 0 amide bonds. The van der Waals surface area contributed by atoms with E-state index in [4.69, 9.17) is 16.3 Å². The number of allylic oxidation sites excluding steroid dienone is 3. The van der Waals surface area contributed by atoms with Crippen molar-refractivity contribution in [2.45, 2.75) is 43.4 Å². The fraction of sp³-hybridized carbons (Fsp3) is 0.308. The molecule has 1 heterocycles. The third kappa shape index (κ3) is 4.24. The number of ether oxygens (including phenoxy) is 1. The summed E-state index contributed by atoms with van der Waals surface area (Å²) in [5.41, 5.74) is 4.67. The van der Waals surface area contributed by atoms with E-state index in [2.05, 4.69) is 5.32 Å². The summed E-state index contributed by atoms with van der Waals surface area (Å²) in [5, 5.41) is 4.04. The maximum Gasteiger partial charge on any atom is 0.336 e. The number of carbonyl (C=O) groups excluding carboxylic acids is 2. The molecule has 32 heavy (non-hydrogen) atoms. The quantitative estimate of drug-likeness (QED) is 0.432. The van der Waals surface area contributed by atoms with Crippen LogP contribution in [0, 0.1) is 0 Å². The summed E-state index contributed by atoms with van der Waals surface area (Å²) in [7, 11) is 0. The van der Waals surface area contributed by atoms with Crippen LogP contribution in [0.25, 0.3) is 0 Å². The fourth-order valence-electron chi connectivity index (χ4n) is 4.67. The Morgan fingerprint density at radius 1 is 1.16 bits per heavy atom. The highest BCUT2D eigenvalue weighted by molar-refractivity contribution is 7.98. The highest BCUT2D eigenvalue weighted by Gasteiger charge is 2.41. The van der Waals surface area contributed by atoms with Crippen molar-refractivity contribution < 1.29 is 14.3 Å². The standard InChI is InChI=1S/C26H26ClNO3S/c1-4-31-26(30)23-15(2)28-21-13-17(19-7-5-6-8-20(19)27)14-22(29)25(21)24(23)16-9-11-18(32-3)12-10-16/h5-12,17,24,28H,4,13-14H2,1-3H3. The van der Waals surface area contributed by atoms with Crippen molar-refractivity contribution in [3.05, 3.63) is 87.2 Å². The Morgan fingerprint density at radius 3 is 2.53 bits per heavy atom. The topological polar surface area (TPSA) is 55.4 Å². The number of nitrogens with one attached hydrogen (secondary N) is 1. The second kappa shape index (κ2) is 9.55. The molecule has 1 aliphatic carbocycles. The average Bonchev–Trinajstić information content (AvgIpc) is 2.78. The van der Waals surface area contributed by atoms with Crippen LogP contribution in [0.3, 0.4) is 0 Å². The van der Waals surface area contributed by atoms with E-state index in [0.717, 1.165) is 27.4 Å². The predicted octanol–water partition coefficient (Wildman–Crippen LogP) is 5.99. The van der Waals surface area contributed by atoms with E-state index < -0.39 is 5.92 Å². The number of carbonyl (C=O) groups is 2. The molecule has 166 valence electrons. The summed E-state index contributed by atoms with van der Waals surface area (Å²) in [4.78, 5) is 27.6. The third-order valence-corrected chi connectivity index (χ3v) is 7.20. The largest absolute Gasteiger partial charge is 0.463 e. The van der Waals surface area contributed by atoms with Crippen molar-refractivity contribution in [2.75, 3.05) is 12.9 Å². The second-order valence-corrected chi connectivity index (χ2v) is 9.32. The minimum atomic E-state index is -0.444. The molecule has 0 fully saturated rings. The van der Waals surface area contributed by atoms with Crippen LogP contribution in [0.2, 0.25) is 5.02 Å². The van der Waals surface area contributed by atoms with Gasteiger partial charge in [0.05, 0.1) is 12.2 Å². The van der Waals surface area contributed by atoms with E-state index in [0.29, 0.717) is 29.0 Å². The van der Waals surface area contributed by atoms with Crippen molar-refractivity contribution in [2.24, 2.45) is 0 Å². The molecule has 2 aromatic carbocycles. The van der Waals surface area contributed by atoms with Crippen LogP contribution in [0.5, 0.6) is 0 Å². The van der Waals surface area contributed by atoms with Crippen LogP contribution < -0.4 is 5.32 Å². The van der Waals surface area contributed by atoms with Gasteiger partial charge in [0.1, 0.15) is 0 Å². The maximum absolute atomic E-state index is 13.5. The molecule has 0 radical (unpaired) electrons. The summed E-state index contributed by atoms with van der Waals surface area (Å²) in [6.45, 7) is 3.95. The Balaban J connectivity index is 1.80. The summed E-state index contributed by atoms with van der Waals surface area (Å²) in [6.07, 6.45) is 3.05. The highest BCUT2D eigenvalue weighted by atomic mass is 35.5. The lowest BCUT2D eigenvalue weighted by atomic mass is 9.71. The lowest BCUT2D eigenvalue weighted by molar-refractivity contribution is -0.138.